The highest BCUT2D eigenvalue weighted by molar-refractivity contribution is 7.22. The number of aromatic nitrogens is 1. The number of hydrogen-bond acceptors (Lipinski definition) is 5. The van der Waals surface area contributed by atoms with Gasteiger partial charge in [0, 0.05) is 18.7 Å². The van der Waals surface area contributed by atoms with Crippen LogP contribution >= 0.6 is 11.3 Å². The number of likely N-dealkylation sites (tertiary alicyclic amines) is 1. The number of thiazole rings is 1. The van der Waals surface area contributed by atoms with Crippen LogP contribution in [0.3, 0.4) is 0 Å². The molecule has 1 aromatic heterocycles. The fraction of sp³-hybridized carbons (Fsp3) is 0.308. The predicted octanol–water partition coefficient (Wildman–Crippen LogP) is 1.44. The van der Waals surface area contributed by atoms with Crippen LogP contribution in [0.25, 0.3) is 10.2 Å². The molecule has 2 aromatic rings. The molecule has 3 rings (SSSR count). The summed E-state index contributed by atoms with van der Waals surface area (Å²) in [5.74, 6) is -0.176. The van der Waals surface area contributed by atoms with E-state index in [1.165, 1.54) is 11.3 Å². The van der Waals surface area contributed by atoms with Crippen LogP contribution in [0.4, 0.5) is 10.8 Å². The number of hydrogen-bond donors (Lipinski definition) is 2. The lowest BCUT2D eigenvalue weighted by atomic mass is 10.3. The normalized spacial score (nSPS) is 15.0. The average Bonchev–Trinajstić information content (AvgIpc) is 2.95. The van der Waals surface area contributed by atoms with Gasteiger partial charge in [0.15, 0.2) is 5.13 Å². The Kier molecular flexibility index (Phi) is 3.27. The van der Waals surface area contributed by atoms with Crippen molar-refractivity contribution in [2.45, 2.75) is 12.8 Å². The second-order valence-electron chi connectivity index (χ2n) is 4.71. The first-order valence-corrected chi connectivity index (χ1v) is 7.17. The molecular formula is C13H14N4O2S. The van der Waals surface area contributed by atoms with Gasteiger partial charge in [-0.1, -0.05) is 11.3 Å². The molecule has 0 aliphatic carbocycles. The Morgan fingerprint density at radius 1 is 1.50 bits per heavy atom. The lowest BCUT2D eigenvalue weighted by molar-refractivity contribution is -0.131. The monoisotopic (exact) mass is 290 g/mol. The number of carbonyl (C=O) groups is 2. The van der Waals surface area contributed by atoms with Crippen molar-refractivity contribution < 1.29 is 9.59 Å². The number of anilines is 2. The van der Waals surface area contributed by atoms with Gasteiger partial charge >= 0.3 is 0 Å². The Labute approximate surface area is 119 Å². The van der Waals surface area contributed by atoms with Gasteiger partial charge in [-0.15, -0.1) is 0 Å². The van der Waals surface area contributed by atoms with Gasteiger partial charge in [0.05, 0.1) is 16.8 Å². The fourth-order valence-electron chi connectivity index (χ4n) is 2.20. The summed E-state index contributed by atoms with van der Waals surface area (Å²) in [6.07, 6.45) is 1.36. The largest absolute Gasteiger partial charge is 0.399 e. The Hall–Kier alpha value is -2.15. The zero-order chi connectivity index (χ0) is 14.1. The Balaban J connectivity index is 1.69. The summed E-state index contributed by atoms with van der Waals surface area (Å²) in [6.45, 7) is 0.750. The second-order valence-corrected chi connectivity index (χ2v) is 5.74. The molecule has 0 spiro atoms. The van der Waals surface area contributed by atoms with Crippen LogP contribution in [0.5, 0.6) is 0 Å². The molecular weight excluding hydrogens is 276 g/mol. The van der Waals surface area contributed by atoms with Crippen molar-refractivity contribution in [2.24, 2.45) is 0 Å². The van der Waals surface area contributed by atoms with Gasteiger partial charge < -0.3 is 16.0 Å². The summed E-state index contributed by atoms with van der Waals surface area (Å²) in [4.78, 5) is 29.2. The number of carbonyl (C=O) groups excluding carboxylic acids is 2. The minimum Gasteiger partial charge on any atom is -0.399 e. The summed E-state index contributed by atoms with van der Waals surface area (Å²) < 4.78 is 0.928. The molecule has 20 heavy (non-hydrogen) atoms. The van der Waals surface area contributed by atoms with Crippen LogP contribution in [-0.4, -0.2) is 34.8 Å². The third kappa shape index (κ3) is 2.57. The summed E-state index contributed by atoms with van der Waals surface area (Å²) in [6, 6.07) is 5.42. The molecule has 2 heterocycles. The van der Waals surface area contributed by atoms with E-state index in [4.69, 9.17) is 5.73 Å². The highest BCUT2D eigenvalue weighted by Crippen LogP contribution is 2.27. The van der Waals surface area contributed by atoms with Crippen LogP contribution in [0.15, 0.2) is 18.2 Å². The number of nitrogens with zero attached hydrogens (tertiary/aromatic N) is 2. The van der Waals surface area contributed by atoms with Gasteiger partial charge in [-0.3, -0.25) is 9.59 Å². The zero-order valence-corrected chi connectivity index (χ0v) is 11.6. The molecule has 6 nitrogen and oxygen atoms in total. The van der Waals surface area contributed by atoms with Gasteiger partial charge in [-0.2, -0.15) is 0 Å². The number of rotatable bonds is 3. The molecule has 104 valence electrons. The molecule has 3 N–H and O–H groups in total. The Morgan fingerprint density at radius 2 is 2.35 bits per heavy atom. The summed E-state index contributed by atoms with van der Waals surface area (Å²) in [5, 5.41) is 3.26. The van der Waals surface area contributed by atoms with Gasteiger partial charge in [-0.25, -0.2) is 4.98 Å². The second kappa shape index (κ2) is 5.09. The van der Waals surface area contributed by atoms with E-state index in [-0.39, 0.29) is 18.4 Å². The van der Waals surface area contributed by atoms with Crippen LogP contribution in [0.2, 0.25) is 0 Å². The van der Waals surface area contributed by atoms with Crippen molar-refractivity contribution in [1.29, 1.82) is 0 Å². The number of nitrogens with two attached hydrogens (primary N) is 1. The first kappa shape index (κ1) is 12.9. The molecule has 0 saturated carbocycles. The maximum atomic E-state index is 11.9. The maximum Gasteiger partial charge on any atom is 0.245 e. The first-order chi connectivity index (χ1) is 9.61. The zero-order valence-electron chi connectivity index (χ0n) is 10.8. The van der Waals surface area contributed by atoms with E-state index in [9.17, 15) is 9.59 Å². The Morgan fingerprint density at radius 3 is 3.10 bits per heavy atom. The molecule has 0 atom stereocenters. The number of amides is 2. The maximum absolute atomic E-state index is 11.9. The van der Waals surface area contributed by atoms with E-state index in [0.717, 1.165) is 16.6 Å². The molecule has 1 saturated heterocycles. The molecule has 1 aliphatic heterocycles. The third-order valence-corrected chi connectivity index (χ3v) is 4.10. The van der Waals surface area contributed by atoms with Crippen molar-refractivity contribution in [2.75, 3.05) is 24.1 Å². The van der Waals surface area contributed by atoms with Crippen molar-refractivity contribution in [1.82, 2.24) is 9.88 Å². The van der Waals surface area contributed by atoms with E-state index in [2.05, 4.69) is 10.3 Å². The highest BCUT2D eigenvalue weighted by atomic mass is 32.1. The number of nitrogen functional groups attached to an aromatic ring is 1. The van der Waals surface area contributed by atoms with Gasteiger partial charge in [0.1, 0.15) is 0 Å². The average molecular weight is 290 g/mol. The molecule has 1 aromatic carbocycles. The third-order valence-electron chi connectivity index (χ3n) is 3.16. The molecule has 0 radical (unpaired) electrons. The van der Waals surface area contributed by atoms with E-state index >= 15 is 0 Å². The molecule has 2 amide bonds. The van der Waals surface area contributed by atoms with E-state index in [0.29, 0.717) is 23.8 Å². The SMILES string of the molecule is Nc1ccc2nc(NC(=O)CN3CCCC3=O)sc2c1. The van der Waals surface area contributed by atoms with E-state index in [1.54, 1.807) is 11.0 Å². The number of benzene rings is 1. The fourth-order valence-corrected chi connectivity index (χ4v) is 3.13. The predicted molar refractivity (Wildman–Crippen MR) is 78.5 cm³/mol. The Bertz CT molecular complexity index is 682. The quantitative estimate of drug-likeness (QED) is 0.837. The lowest BCUT2D eigenvalue weighted by Gasteiger charge is -2.13. The van der Waals surface area contributed by atoms with Crippen LogP contribution in [-0.2, 0) is 9.59 Å². The van der Waals surface area contributed by atoms with E-state index < -0.39 is 0 Å². The summed E-state index contributed by atoms with van der Waals surface area (Å²) in [5.41, 5.74) is 7.18. The summed E-state index contributed by atoms with van der Waals surface area (Å²) in [7, 11) is 0. The number of fused-ring (bicyclic) bond motifs is 1. The highest BCUT2D eigenvalue weighted by Gasteiger charge is 2.22. The van der Waals surface area contributed by atoms with E-state index in [1.807, 2.05) is 12.1 Å². The molecule has 0 unspecified atom stereocenters. The molecule has 1 fully saturated rings. The van der Waals surface area contributed by atoms with Crippen molar-refractivity contribution in [3.8, 4) is 0 Å². The van der Waals surface area contributed by atoms with Crippen LogP contribution < -0.4 is 11.1 Å². The molecule has 7 heteroatoms. The minimum atomic E-state index is -0.215. The topological polar surface area (TPSA) is 88.3 Å². The first-order valence-electron chi connectivity index (χ1n) is 6.35. The van der Waals surface area contributed by atoms with Crippen LogP contribution in [0, 0.1) is 0 Å². The minimum absolute atomic E-state index is 0.0391. The van der Waals surface area contributed by atoms with Crippen molar-refractivity contribution in [3.63, 3.8) is 0 Å². The molecule has 0 bridgehead atoms. The molecule has 1 aliphatic rings. The lowest BCUT2D eigenvalue weighted by Crippen LogP contribution is -2.33. The van der Waals surface area contributed by atoms with Gasteiger partial charge in [-0.05, 0) is 24.6 Å². The van der Waals surface area contributed by atoms with Crippen molar-refractivity contribution in [3.05, 3.63) is 18.2 Å². The van der Waals surface area contributed by atoms with Gasteiger partial charge in [0.2, 0.25) is 11.8 Å². The number of nitrogens with one attached hydrogen (secondary N) is 1. The van der Waals surface area contributed by atoms with Crippen molar-refractivity contribution >= 4 is 44.2 Å². The summed E-state index contributed by atoms with van der Waals surface area (Å²) >= 11 is 1.37. The smallest absolute Gasteiger partial charge is 0.245 e. The van der Waals surface area contributed by atoms with Crippen LogP contribution in [0.1, 0.15) is 12.8 Å². The van der Waals surface area contributed by atoms with Gasteiger partial charge in [0.25, 0.3) is 0 Å². The standard InChI is InChI=1S/C13H14N4O2S/c14-8-3-4-9-10(6-8)20-13(15-9)16-11(18)7-17-5-1-2-12(17)19/h3-4,6H,1-2,5,7,14H2,(H,15,16,18).